The van der Waals surface area contributed by atoms with E-state index in [0.717, 1.165) is 31.1 Å². The van der Waals surface area contributed by atoms with Crippen molar-refractivity contribution in [2.75, 3.05) is 12.5 Å². The summed E-state index contributed by atoms with van der Waals surface area (Å²) >= 11 is 5.71. The number of rotatable bonds is 11. The van der Waals surface area contributed by atoms with E-state index >= 15 is 0 Å². The quantitative estimate of drug-likeness (QED) is 0.191. The topological polar surface area (TPSA) is 9.23 Å². The molecule has 0 atom stereocenters. The van der Waals surface area contributed by atoms with Gasteiger partial charge in [0.1, 0.15) is 5.75 Å². The molecule has 138 valence electrons. The molecule has 26 heavy (non-hydrogen) atoms. The van der Waals surface area contributed by atoms with E-state index in [1.165, 1.54) is 60.1 Å². The van der Waals surface area contributed by atoms with Crippen LogP contribution in [0.1, 0.15) is 51.4 Å². The third kappa shape index (κ3) is 5.14. The molecule has 0 aromatic heterocycles. The van der Waals surface area contributed by atoms with Crippen LogP contribution in [0.5, 0.6) is 5.75 Å². The van der Waals surface area contributed by atoms with Gasteiger partial charge in [-0.05, 0) is 29.7 Å². The molecular formula is C24H29ClO. The standard InChI is InChI=1S/C24H29ClO/c25-17-11-5-3-1-2-4-6-12-18-26-24-22-15-9-7-13-20(22)19-21-14-8-10-16-23(21)24/h7-10,13-16,19H,1-6,11-12,17-18H2. The highest BCUT2D eigenvalue weighted by molar-refractivity contribution is 6.17. The first-order valence-electron chi connectivity index (χ1n) is 9.99. The highest BCUT2D eigenvalue weighted by atomic mass is 35.5. The second kappa shape index (κ2) is 10.4. The lowest BCUT2D eigenvalue weighted by Gasteiger charge is -2.13. The Hall–Kier alpha value is -1.73. The molecule has 0 aliphatic carbocycles. The first kappa shape index (κ1) is 19.0. The van der Waals surface area contributed by atoms with Gasteiger partial charge in [-0.2, -0.15) is 0 Å². The first-order chi connectivity index (χ1) is 12.9. The van der Waals surface area contributed by atoms with E-state index in [-0.39, 0.29) is 0 Å². The Morgan fingerprint density at radius 2 is 1.12 bits per heavy atom. The van der Waals surface area contributed by atoms with Crippen molar-refractivity contribution < 1.29 is 4.74 Å². The number of hydrogen-bond acceptors (Lipinski definition) is 1. The zero-order valence-corrected chi connectivity index (χ0v) is 16.3. The maximum Gasteiger partial charge on any atom is 0.134 e. The highest BCUT2D eigenvalue weighted by Gasteiger charge is 2.08. The number of halogens is 1. The van der Waals surface area contributed by atoms with Crippen molar-refractivity contribution in [2.24, 2.45) is 0 Å². The lowest BCUT2D eigenvalue weighted by Crippen LogP contribution is -1.99. The van der Waals surface area contributed by atoms with Crippen molar-refractivity contribution in [3.63, 3.8) is 0 Å². The SMILES string of the molecule is ClCCCCCCCCCCOc1c2ccccc2cc2ccccc12. The van der Waals surface area contributed by atoms with Crippen molar-refractivity contribution in [3.05, 3.63) is 54.6 Å². The Morgan fingerprint density at radius 3 is 1.69 bits per heavy atom. The molecule has 0 saturated heterocycles. The molecule has 0 bridgehead atoms. The van der Waals surface area contributed by atoms with Crippen LogP contribution in [0.15, 0.2) is 54.6 Å². The molecule has 1 nitrogen and oxygen atoms in total. The molecule has 3 aromatic rings. The number of ether oxygens (including phenoxy) is 1. The Balaban J connectivity index is 1.52. The Kier molecular flexibility index (Phi) is 7.64. The molecule has 0 saturated carbocycles. The Labute approximate surface area is 162 Å². The van der Waals surface area contributed by atoms with Crippen molar-refractivity contribution >= 4 is 33.1 Å². The summed E-state index contributed by atoms with van der Waals surface area (Å²) in [4.78, 5) is 0. The summed E-state index contributed by atoms with van der Waals surface area (Å²) in [6, 6.07) is 19.3. The minimum atomic E-state index is 0.796. The molecule has 3 aromatic carbocycles. The summed E-state index contributed by atoms with van der Waals surface area (Å²) in [6.45, 7) is 0.796. The maximum absolute atomic E-state index is 6.28. The van der Waals surface area contributed by atoms with Gasteiger partial charge in [0.15, 0.2) is 0 Å². The van der Waals surface area contributed by atoms with Crippen LogP contribution < -0.4 is 4.74 Å². The average molecular weight is 369 g/mol. The zero-order valence-electron chi connectivity index (χ0n) is 15.6. The monoisotopic (exact) mass is 368 g/mol. The van der Waals surface area contributed by atoms with Crippen LogP contribution in [0, 0.1) is 0 Å². The summed E-state index contributed by atoms with van der Waals surface area (Å²) in [7, 11) is 0. The summed E-state index contributed by atoms with van der Waals surface area (Å²) in [5.74, 6) is 1.85. The Morgan fingerprint density at radius 1 is 0.615 bits per heavy atom. The minimum absolute atomic E-state index is 0.796. The third-order valence-corrected chi connectivity index (χ3v) is 5.26. The molecule has 0 heterocycles. The second-order valence-corrected chi connectivity index (χ2v) is 7.39. The van der Waals surface area contributed by atoms with E-state index in [4.69, 9.17) is 16.3 Å². The number of hydrogen-bond donors (Lipinski definition) is 0. The molecule has 2 heteroatoms. The molecule has 0 N–H and O–H groups in total. The fourth-order valence-corrected chi connectivity index (χ4v) is 3.75. The molecule has 0 unspecified atom stereocenters. The molecule has 0 aliphatic heterocycles. The summed E-state index contributed by atoms with van der Waals surface area (Å²) < 4.78 is 6.28. The van der Waals surface area contributed by atoms with Gasteiger partial charge in [-0.3, -0.25) is 0 Å². The van der Waals surface area contributed by atoms with Gasteiger partial charge in [-0.25, -0.2) is 0 Å². The summed E-state index contributed by atoms with van der Waals surface area (Å²) in [5, 5.41) is 4.92. The van der Waals surface area contributed by atoms with Crippen LogP contribution in [0.25, 0.3) is 21.5 Å². The number of fused-ring (bicyclic) bond motifs is 2. The van der Waals surface area contributed by atoms with Crippen LogP contribution in [0.4, 0.5) is 0 Å². The van der Waals surface area contributed by atoms with Crippen LogP contribution in [0.2, 0.25) is 0 Å². The van der Waals surface area contributed by atoms with E-state index in [0.29, 0.717) is 0 Å². The predicted octanol–water partition coefficient (Wildman–Crippen LogP) is 7.73. The number of unbranched alkanes of at least 4 members (excludes halogenated alkanes) is 7. The Bertz CT molecular complexity index is 758. The van der Waals surface area contributed by atoms with Gasteiger partial charge in [0.05, 0.1) is 6.61 Å². The molecule has 0 fully saturated rings. The van der Waals surface area contributed by atoms with Crippen LogP contribution >= 0.6 is 11.6 Å². The molecule has 0 amide bonds. The van der Waals surface area contributed by atoms with Crippen molar-refractivity contribution in [2.45, 2.75) is 51.4 Å². The van der Waals surface area contributed by atoms with Gasteiger partial charge >= 0.3 is 0 Å². The molecular weight excluding hydrogens is 340 g/mol. The van der Waals surface area contributed by atoms with Crippen LogP contribution in [0.3, 0.4) is 0 Å². The lowest BCUT2D eigenvalue weighted by molar-refractivity contribution is 0.311. The van der Waals surface area contributed by atoms with Gasteiger partial charge < -0.3 is 4.74 Å². The lowest BCUT2D eigenvalue weighted by atomic mass is 10.0. The van der Waals surface area contributed by atoms with E-state index in [9.17, 15) is 0 Å². The number of benzene rings is 3. The second-order valence-electron chi connectivity index (χ2n) is 7.01. The fourth-order valence-electron chi connectivity index (χ4n) is 3.56. The zero-order chi connectivity index (χ0) is 18.0. The number of alkyl halides is 1. The van der Waals surface area contributed by atoms with Crippen molar-refractivity contribution in [3.8, 4) is 5.75 Å². The fraction of sp³-hybridized carbons (Fsp3) is 0.417. The van der Waals surface area contributed by atoms with Gasteiger partial charge in [0.25, 0.3) is 0 Å². The maximum atomic E-state index is 6.28. The van der Waals surface area contributed by atoms with Crippen LogP contribution in [-0.4, -0.2) is 12.5 Å². The summed E-state index contributed by atoms with van der Waals surface area (Å²) in [6.07, 6.45) is 10.1. The van der Waals surface area contributed by atoms with Crippen LogP contribution in [-0.2, 0) is 0 Å². The van der Waals surface area contributed by atoms with E-state index in [1.807, 2.05) is 0 Å². The van der Waals surface area contributed by atoms with E-state index in [2.05, 4.69) is 54.6 Å². The molecule has 3 rings (SSSR count). The molecule has 0 spiro atoms. The largest absolute Gasteiger partial charge is 0.492 e. The molecule has 0 radical (unpaired) electrons. The van der Waals surface area contributed by atoms with Crippen molar-refractivity contribution in [1.29, 1.82) is 0 Å². The smallest absolute Gasteiger partial charge is 0.134 e. The summed E-state index contributed by atoms with van der Waals surface area (Å²) in [5.41, 5.74) is 0. The van der Waals surface area contributed by atoms with E-state index in [1.54, 1.807) is 0 Å². The first-order valence-corrected chi connectivity index (χ1v) is 10.5. The minimum Gasteiger partial charge on any atom is -0.492 e. The highest BCUT2D eigenvalue weighted by Crippen LogP contribution is 2.34. The van der Waals surface area contributed by atoms with Gasteiger partial charge in [0.2, 0.25) is 0 Å². The van der Waals surface area contributed by atoms with E-state index < -0.39 is 0 Å². The third-order valence-electron chi connectivity index (χ3n) is 5.00. The predicted molar refractivity (Wildman–Crippen MR) is 115 cm³/mol. The average Bonchev–Trinajstić information content (AvgIpc) is 2.68. The van der Waals surface area contributed by atoms with Gasteiger partial charge in [-0.15, -0.1) is 11.6 Å². The normalized spacial score (nSPS) is 11.3. The van der Waals surface area contributed by atoms with Gasteiger partial charge in [0, 0.05) is 16.7 Å². The van der Waals surface area contributed by atoms with Gasteiger partial charge in [-0.1, -0.05) is 87.1 Å². The molecule has 0 aliphatic rings. The van der Waals surface area contributed by atoms with Crippen molar-refractivity contribution in [1.82, 2.24) is 0 Å².